The van der Waals surface area contributed by atoms with Crippen LogP contribution < -0.4 is 26.3 Å². The lowest BCUT2D eigenvalue weighted by Crippen LogP contribution is -2.50. The first-order valence-corrected chi connectivity index (χ1v) is 13.5. The van der Waals surface area contributed by atoms with Crippen molar-refractivity contribution in [2.45, 2.75) is 84.8 Å². The SMILES string of the molecule is CC(C)N(C)C(=O)[C@@H](Cc1ccc(C(N)(C(C)C)C(C)C)cc1)NC(=O)CCc1ccc2c(c1)O[C@H](N)O2. The van der Waals surface area contributed by atoms with E-state index >= 15 is 0 Å². The Kier molecular flexibility index (Phi) is 9.44. The van der Waals surface area contributed by atoms with Crippen molar-refractivity contribution in [3.05, 3.63) is 59.2 Å². The molecule has 2 aromatic carbocycles. The average Bonchev–Trinajstić information content (AvgIpc) is 3.24. The monoisotopic (exact) mass is 524 g/mol. The Bertz CT molecular complexity index is 1110. The van der Waals surface area contributed by atoms with Gasteiger partial charge in [0, 0.05) is 31.5 Å². The van der Waals surface area contributed by atoms with Gasteiger partial charge in [-0.1, -0.05) is 58.0 Å². The number of benzene rings is 2. The Morgan fingerprint density at radius 3 is 2.11 bits per heavy atom. The fourth-order valence-electron chi connectivity index (χ4n) is 4.90. The molecule has 38 heavy (non-hydrogen) atoms. The van der Waals surface area contributed by atoms with Crippen LogP contribution in [0, 0.1) is 11.8 Å². The van der Waals surface area contributed by atoms with Crippen LogP contribution in [-0.4, -0.2) is 42.3 Å². The van der Waals surface area contributed by atoms with E-state index in [1.54, 1.807) is 18.0 Å². The van der Waals surface area contributed by atoms with Crippen LogP contribution in [0.3, 0.4) is 0 Å². The van der Waals surface area contributed by atoms with Crippen LogP contribution in [0.25, 0.3) is 0 Å². The number of likely N-dealkylation sites (N-methyl/N-ethyl adjacent to an activating group) is 1. The van der Waals surface area contributed by atoms with E-state index in [0.717, 1.165) is 16.7 Å². The van der Waals surface area contributed by atoms with E-state index in [2.05, 4.69) is 45.1 Å². The molecule has 1 aliphatic rings. The van der Waals surface area contributed by atoms with Gasteiger partial charge in [-0.3, -0.25) is 15.3 Å². The standard InChI is InChI=1S/C30H44N4O4/c1-18(2)30(32,19(3)4)23-12-8-21(9-13-23)16-24(28(36)34(7)20(5)6)33-27(35)15-11-22-10-14-25-26(17-22)38-29(31)37-25/h8-10,12-14,17-20,24,29H,11,15-16,31-32H2,1-7H3,(H,33,35)/t24-,29-/m1/s1. The molecule has 0 saturated carbocycles. The topological polar surface area (TPSA) is 120 Å². The van der Waals surface area contributed by atoms with E-state index in [4.69, 9.17) is 20.9 Å². The normalized spacial score (nSPS) is 15.7. The maximum absolute atomic E-state index is 13.3. The minimum atomic E-state index is -0.806. The average molecular weight is 525 g/mol. The van der Waals surface area contributed by atoms with Crippen LogP contribution >= 0.6 is 0 Å². The van der Waals surface area contributed by atoms with Crippen molar-refractivity contribution in [1.29, 1.82) is 0 Å². The van der Waals surface area contributed by atoms with E-state index < -0.39 is 18.0 Å². The van der Waals surface area contributed by atoms with Crippen LogP contribution in [0.1, 0.15) is 64.7 Å². The van der Waals surface area contributed by atoms with Crippen LogP contribution in [-0.2, 0) is 28.0 Å². The molecule has 2 aromatic rings. The molecule has 1 aliphatic heterocycles. The maximum atomic E-state index is 13.3. The largest absolute Gasteiger partial charge is 0.438 e. The summed E-state index contributed by atoms with van der Waals surface area (Å²) in [7, 11) is 1.76. The summed E-state index contributed by atoms with van der Waals surface area (Å²) in [4.78, 5) is 27.9. The summed E-state index contributed by atoms with van der Waals surface area (Å²) in [6.07, 6.45) is 0.318. The molecule has 0 unspecified atom stereocenters. The second kappa shape index (κ2) is 12.2. The predicted molar refractivity (Wildman–Crippen MR) is 150 cm³/mol. The van der Waals surface area contributed by atoms with Crippen molar-refractivity contribution in [2.75, 3.05) is 7.05 Å². The molecule has 0 aliphatic carbocycles. The number of amides is 2. The number of nitrogens with one attached hydrogen (secondary N) is 1. The van der Waals surface area contributed by atoms with Crippen LogP contribution in [0.4, 0.5) is 0 Å². The number of carbonyl (C=O) groups excluding carboxylic acids is 2. The highest BCUT2D eigenvalue weighted by Crippen LogP contribution is 2.35. The van der Waals surface area contributed by atoms with Gasteiger partial charge < -0.3 is 25.4 Å². The Hall–Kier alpha value is -3.10. The summed E-state index contributed by atoms with van der Waals surface area (Å²) >= 11 is 0. The van der Waals surface area contributed by atoms with Gasteiger partial charge in [-0.25, -0.2) is 0 Å². The number of rotatable bonds is 11. The zero-order chi connectivity index (χ0) is 28.2. The predicted octanol–water partition coefficient (Wildman–Crippen LogP) is 3.69. The second-order valence-corrected chi connectivity index (χ2v) is 11.2. The van der Waals surface area contributed by atoms with Gasteiger partial charge in [0.25, 0.3) is 6.41 Å². The molecule has 0 spiro atoms. The second-order valence-electron chi connectivity index (χ2n) is 11.2. The van der Waals surface area contributed by atoms with Crippen molar-refractivity contribution >= 4 is 11.8 Å². The van der Waals surface area contributed by atoms with Crippen molar-refractivity contribution in [3.63, 3.8) is 0 Å². The molecule has 0 bridgehead atoms. The number of aryl methyl sites for hydroxylation is 1. The summed E-state index contributed by atoms with van der Waals surface area (Å²) in [5.74, 6) is 1.39. The van der Waals surface area contributed by atoms with Crippen molar-refractivity contribution in [2.24, 2.45) is 23.3 Å². The molecule has 2 atom stereocenters. The summed E-state index contributed by atoms with van der Waals surface area (Å²) in [6, 6.07) is 13.0. The smallest absolute Gasteiger partial charge is 0.300 e. The fraction of sp³-hybridized carbons (Fsp3) is 0.533. The highest BCUT2D eigenvalue weighted by molar-refractivity contribution is 5.88. The Labute approximate surface area is 227 Å². The number of nitrogens with two attached hydrogens (primary N) is 2. The third-order valence-electron chi connectivity index (χ3n) is 7.70. The van der Waals surface area contributed by atoms with Crippen LogP contribution in [0.5, 0.6) is 11.5 Å². The number of fused-ring (bicyclic) bond motifs is 1. The molecule has 0 saturated heterocycles. The lowest BCUT2D eigenvalue weighted by molar-refractivity contribution is -0.136. The quantitative estimate of drug-likeness (QED) is 0.412. The van der Waals surface area contributed by atoms with Gasteiger partial charge in [0.1, 0.15) is 6.04 Å². The first-order valence-electron chi connectivity index (χ1n) is 13.5. The summed E-state index contributed by atoms with van der Waals surface area (Å²) in [5, 5.41) is 2.98. The van der Waals surface area contributed by atoms with Gasteiger partial charge in [-0.15, -0.1) is 0 Å². The molecule has 0 fully saturated rings. The van der Waals surface area contributed by atoms with Gasteiger partial charge in [0.2, 0.25) is 11.8 Å². The molecular formula is C30H44N4O4. The summed E-state index contributed by atoms with van der Waals surface area (Å²) < 4.78 is 10.8. The van der Waals surface area contributed by atoms with E-state index in [9.17, 15) is 9.59 Å². The number of ether oxygens (including phenoxy) is 2. The van der Waals surface area contributed by atoms with Crippen molar-refractivity contribution in [3.8, 4) is 11.5 Å². The number of nitrogens with zero attached hydrogens (tertiary/aromatic N) is 1. The molecule has 2 amide bonds. The minimum Gasteiger partial charge on any atom is -0.438 e. The molecule has 5 N–H and O–H groups in total. The first-order chi connectivity index (χ1) is 17.8. The number of hydrogen-bond acceptors (Lipinski definition) is 6. The number of hydrogen-bond donors (Lipinski definition) is 3. The fourth-order valence-corrected chi connectivity index (χ4v) is 4.90. The zero-order valence-corrected chi connectivity index (χ0v) is 23.8. The molecule has 1 heterocycles. The Morgan fingerprint density at radius 2 is 1.53 bits per heavy atom. The third kappa shape index (κ3) is 6.66. The van der Waals surface area contributed by atoms with Gasteiger partial charge in [-0.2, -0.15) is 0 Å². The molecule has 8 heteroatoms. The number of carbonyl (C=O) groups is 2. The van der Waals surface area contributed by atoms with Gasteiger partial charge in [0.15, 0.2) is 11.5 Å². The van der Waals surface area contributed by atoms with E-state index in [-0.39, 0.29) is 36.1 Å². The lowest BCUT2D eigenvalue weighted by Gasteiger charge is -2.38. The van der Waals surface area contributed by atoms with Gasteiger partial charge in [-0.05, 0) is 60.9 Å². The molecule has 0 radical (unpaired) electrons. The zero-order valence-electron chi connectivity index (χ0n) is 23.8. The van der Waals surface area contributed by atoms with Crippen LogP contribution in [0.15, 0.2) is 42.5 Å². The first kappa shape index (κ1) is 29.5. The van der Waals surface area contributed by atoms with Gasteiger partial charge >= 0.3 is 0 Å². The molecular weight excluding hydrogens is 480 g/mol. The van der Waals surface area contributed by atoms with Crippen LogP contribution in [0.2, 0.25) is 0 Å². The summed E-state index contributed by atoms with van der Waals surface area (Å²) in [6.45, 7) is 12.5. The van der Waals surface area contributed by atoms with E-state index in [1.165, 1.54) is 0 Å². The minimum absolute atomic E-state index is 0.0132. The van der Waals surface area contributed by atoms with Gasteiger partial charge in [0.05, 0.1) is 0 Å². The molecule has 0 aromatic heterocycles. The summed E-state index contributed by atoms with van der Waals surface area (Å²) in [5.41, 5.74) is 15.0. The third-order valence-corrected chi connectivity index (χ3v) is 7.70. The maximum Gasteiger partial charge on any atom is 0.300 e. The molecule has 208 valence electrons. The van der Waals surface area contributed by atoms with Crippen molar-refractivity contribution < 1.29 is 19.1 Å². The van der Waals surface area contributed by atoms with E-state index in [1.807, 2.05) is 38.1 Å². The Balaban J connectivity index is 1.71. The van der Waals surface area contributed by atoms with Crippen molar-refractivity contribution in [1.82, 2.24) is 10.2 Å². The Morgan fingerprint density at radius 1 is 0.947 bits per heavy atom. The highest BCUT2D eigenvalue weighted by Gasteiger charge is 2.34. The lowest BCUT2D eigenvalue weighted by atomic mass is 9.72. The molecule has 8 nitrogen and oxygen atoms in total. The van der Waals surface area contributed by atoms with E-state index in [0.29, 0.717) is 24.3 Å². The molecule has 3 rings (SSSR count). The highest BCUT2D eigenvalue weighted by atomic mass is 16.7.